The van der Waals surface area contributed by atoms with Crippen LogP contribution in [0, 0.1) is 5.92 Å². The Morgan fingerprint density at radius 2 is 2.08 bits per heavy atom. The molecule has 5 atom stereocenters. The van der Waals surface area contributed by atoms with E-state index in [0.29, 0.717) is 22.4 Å². The van der Waals surface area contributed by atoms with Crippen LogP contribution >= 0.6 is 0 Å². The summed E-state index contributed by atoms with van der Waals surface area (Å²) in [5, 5.41) is 23.8. The van der Waals surface area contributed by atoms with Gasteiger partial charge in [0.2, 0.25) is 0 Å². The smallest absolute Gasteiger partial charge is 0.323 e. The third kappa shape index (κ3) is 3.23. The number of nitrogens with zero attached hydrogens (tertiary/aromatic N) is 2. The zero-order valence-electron chi connectivity index (χ0n) is 14.6. The van der Waals surface area contributed by atoms with E-state index < -0.39 is 36.3 Å². The third-order valence-electron chi connectivity index (χ3n) is 4.75. The fraction of sp³-hybridized carbons (Fsp3) is 0.562. The van der Waals surface area contributed by atoms with Crippen LogP contribution in [0.3, 0.4) is 0 Å². The van der Waals surface area contributed by atoms with Crippen molar-refractivity contribution in [3.05, 3.63) is 18.1 Å². The van der Waals surface area contributed by atoms with Gasteiger partial charge < -0.3 is 31.4 Å². The van der Waals surface area contributed by atoms with Gasteiger partial charge >= 0.3 is 5.97 Å². The van der Waals surface area contributed by atoms with E-state index in [2.05, 4.69) is 20.3 Å². The van der Waals surface area contributed by atoms with E-state index in [9.17, 15) is 15.0 Å². The summed E-state index contributed by atoms with van der Waals surface area (Å²) < 4.78 is 5.19. The van der Waals surface area contributed by atoms with Crippen LogP contribution in [0.15, 0.2) is 12.5 Å². The lowest BCUT2D eigenvalue weighted by molar-refractivity contribution is -0.147. The second-order valence-electron chi connectivity index (χ2n) is 6.86. The van der Waals surface area contributed by atoms with Gasteiger partial charge in [-0.1, -0.05) is 13.8 Å². The number of aromatic amines is 1. The molecular formula is C16H24N6O4. The highest BCUT2D eigenvalue weighted by molar-refractivity contribution is 5.87. The van der Waals surface area contributed by atoms with E-state index in [4.69, 9.17) is 16.2 Å². The number of fused-ring (bicyclic) bond motifs is 1. The second kappa shape index (κ2) is 7.16. The van der Waals surface area contributed by atoms with Gasteiger partial charge in [0.05, 0.1) is 17.6 Å². The number of esters is 1. The van der Waals surface area contributed by atoms with Gasteiger partial charge in [0.1, 0.15) is 36.7 Å². The number of aliphatic hydroxyl groups excluding tert-OH is 2. The first-order chi connectivity index (χ1) is 12.3. The normalized spacial score (nSPS) is 27.2. The number of nitrogens with one attached hydrogen (secondary N) is 2. The number of anilines is 1. The number of nitrogens with two attached hydrogens (primary N) is 2. The number of H-pyrrole nitrogens is 1. The van der Waals surface area contributed by atoms with Crippen molar-refractivity contribution in [2.24, 2.45) is 11.7 Å². The Morgan fingerprint density at radius 3 is 2.77 bits per heavy atom. The predicted molar refractivity (Wildman–Crippen MR) is 93.8 cm³/mol. The summed E-state index contributed by atoms with van der Waals surface area (Å²) in [7, 11) is 0. The number of aliphatic hydroxyl groups is 2. The average molecular weight is 364 g/mol. The average Bonchev–Trinajstić information content (AvgIpc) is 3.15. The number of ether oxygens (including phenoxy) is 1. The molecule has 0 aromatic carbocycles. The topological polar surface area (TPSA) is 172 Å². The summed E-state index contributed by atoms with van der Waals surface area (Å²) in [4.78, 5) is 23.0. The Labute approximate surface area is 149 Å². The van der Waals surface area contributed by atoms with Gasteiger partial charge in [0, 0.05) is 11.8 Å². The molecule has 0 aliphatic carbocycles. The van der Waals surface area contributed by atoms with Gasteiger partial charge in [-0.05, 0) is 5.92 Å². The van der Waals surface area contributed by atoms with Gasteiger partial charge in [0.15, 0.2) is 5.82 Å². The Morgan fingerprint density at radius 1 is 1.35 bits per heavy atom. The highest BCUT2D eigenvalue weighted by Crippen LogP contribution is 2.32. The lowest BCUT2D eigenvalue weighted by Crippen LogP contribution is -2.42. The van der Waals surface area contributed by atoms with Gasteiger partial charge in [-0.2, -0.15) is 0 Å². The first kappa shape index (κ1) is 18.5. The summed E-state index contributed by atoms with van der Waals surface area (Å²) in [5.41, 5.74) is 13.3. The summed E-state index contributed by atoms with van der Waals surface area (Å²) in [6.45, 7) is 3.53. The first-order valence-corrected chi connectivity index (χ1v) is 8.43. The third-order valence-corrected chi connectivity index (χ3v) is 4.75. The number of carbonyl (C=O) groups is 1. The maximum absolute atomic E-state index is 11.9. The molecule has 3 heterocycles. The van der Waals surface area contributed by atoms with Crippen LogP contribution in [0.25, 0.3) is 11.0 Å². The number of aromatic nitrogens is 3. The maximum Gasteiger partial charge on any atom is 0.323 e. The largest absolute Gasteiger partial charge is 0.463 e. The molecule has 1 saturated heterocycles. The Balaban J connectivity index is 1.73. The van der Waals surface area contributed by atoms with Crippen LogP contribution in [0.2, 0.25) is 0 Å². The molecule has 10 nitrogen and oxygen atoms in total. The molecular weight excluding hydrogens is 340 g/mol. The molecule has 5 unspecified atom stereocenters. The van der Waals surface area contributed by atoms with Gasteiger partial charge in [-0.3, -0.25) is 10.1 Å². The van der Waals surface area contributed by atoms with E-state index >= 15 is 0 Å². The molecule has 3 rings (SSSR count). The van der Waals surface area contributed by atoms with Crippen molar-refractivity contribution < 1.29 is 19.7 Å². The van der Waals surface area contributed by atoms with Crippen LogP contribution < -0.4 is 16.8 Å². The van der Waals surface area contributed by atoms with Crippen LogP contribution in [0.5, 0.6) is 0 Å². The molecule has 0 radical (unpaired) electrons. The van der Waals surface area contributed by atoms with Crippen molar-refractivity contribution in [3.63, 3.8) is 0 Å². The van der Waals surface area contributed by atoms with Crippen molar-refractivity contribution in [3.8, 4) is 0 Å². The van der Waals surface area contributed by atoms with Crippen LogP contribution in [0.4, 0.5) is 5.82 Å². The number of rotatable bonds is 5. The summed E-state index contributed by atoms with van der Waals surface area (Å²) >= 11 is 0. The molecule has 0 saturated carbocycles. The molecule has 8 N–H and O–H groups in total. The van der Waals surface area contributed by atoms with Gasteiger partial charge in [-0.15, -0.1) is 0 Å². The van der Waals surface area contributed by atoms with Crippen molar-refractivity contribution >= 4 is 22.8 Å². The minimum absolute atomic E-state index is 0.0568. The molecule has 0 bridgehead atoms. The second-order valence-corrected chi connectivity index (χ2v) is 6.86. The van der Waals surface area contributed by atoms with Crippen LogP contribution in [-0.2, 0) is 9.53 Å². The highest BCUT2D eigenvalue weighted by Gasteiger charge is 2.43. The van der Waals surface area contributed by atoms with Crippen molar-refractivity contribution in [2.75, 3.05) is 12.3 Å². The lowest BCUT2D eigenvalue weighted by atomic mass is 10.0. The highest BCUT2D eigenvalue weighted by atomic mass is 16.5. The molecule has 142 valence electrons. The van der Waals surface area contributed by atoms with Gasteiger partial charge in [0.25, 0.3) is 0 Å². The molecule has 2 aromatic rings. The zero-order valence-corrected chi connectivity index (χ0v) is 14.6. The Kier molecular flexibility index (Phi) is 5.10. The van der Waals surface area contributed by atoms with E-state index in [-0.39, 0.29) is 12.5 Å². The number of hydrogen-bond acceptors (Lipinski definition) is 9. The maximum atomic E-state index is 11.9. The molecule has 26 heavy (non-hydrogen) atoms. The minimum Gasteiger partial charge on any atom is -0.463 e. The fourth-order valence-corrected chi connectivity index (χ4v) is 3.04. The molecule has 0 spiro atoms. The molecule has 2 aromatic heterocycles. The number of carbonyl (C=O) groups excluding carboxylic acids is 1. The van der Waals surface area contributed by atoms with Crippen molar-refractivity contribution in [2.45, 2.75) is 44.2 Å². The van der Waals surface area contributed by atoms with E-state index in [1.165, 1.54) is 6.33 Å². The summed E-state index contributed by atoms with van der Waals surface area (Å²) in [5.74, 6) is -0.305. The van der Waals surface area contributed by atoms with Crippen LogP contribution in [-0.4, -0.2) is 62.0 Å². The predicted octanol–water partition coefficient (Wildman–Crippen LogP) is -1.20. The van der Waals surface area contributed by atoms with Crippen molar-refractivity contribution in [1.82, 2.24) is 20.3 Å². The van der Waals surface area contributed by atoms with E-state index in [1.807, 2.05) is 13.8 Å². The molecule has 1 fully saturated rings. The van der Waals surface area contributed by atoms with Crippen molar-refractivity contribution in [1.29, 1.82) is 0 Å². The van der Waals surface area contributed by atoms with E-state index in [1.54, 1.807) is 6.20 Å². The SMILES string of the molecule is CC(C)C(N)C(=O)OCC1NC(c2c[nH]c3c(N)ncnc23)C(O)C1O. The quantitative estimate of drug-likeness (QED) is 0.356. The molecule has 0 amide bonds. The summed E-state index contributed by atoms with van der Waals surface area (Å²) in [6, 6.07) is -1.97. The molecule has 10 heteroatoms. The zero-order chi connectivity index (χ0) is 19.0. The standard InChI is InChI=1S/C16H24N6O4/c1-6(2)9(17)16(25)26-4-8-13(23)14(24)11(22-8)7-3-19-12-10(7)20-5-21-15(12)18/h3,5-6,8-9,11,13-14,19,22-24H,4,17H2,1-2H3,(H2,18,20,21). The Hall–Kier alpha value is -2.27. The number of hydrogen-bond donors (Lipinski definition) is 6. The summed E-state index contributed by atoms with van der Waals surface area (Å²) in [6.07, 6.45) is 0.769. The lowest BCUT2D eigenvalue weighted by Gasteiger charge is -2.19. The Bertz CT molecular complexity index is 794. The minimum atomic E-state index is -1.12. The fourth-order valence-electron chi connectivity index (χ4n) is 3.04. The van der Waals surface area contributed by atoms with Gasteiger partial charge in [-0.25, -0.2) is 9.97 Å². The molecule has 1 aliphatic heterocycles. The van der Waals surface area contributed by atoms with Crippen LogP contribution in [0.1, 0.15) is 25.5 Å². The molecule has 1 aliphatic rings. The van der Waals surface area contributed by atoms with E-state index in [0.717, 1.165) is 0 Å². The monoisotopic (exact) mass is 364 g/mol. The first-order valence-electron chi connectivity index (χ1n) is 8.43. The number of nitrogen functional groups attached to an aromatic ring is 1.